The van der Waals surface area contributed by atoms with E-state index < -0.39 is 0 Å². The van der Waals surface area contributed by atoms with Crippen LogP contribution in [-0.2, 0) is 4.74 Å². The van der Waals surface area contributed by atoms with Crippen LogP contribution in [0.5, 0.6) is 5.75 Å². The van der Waals surface area contributed by atoms with E-state index in [0.717, 1.165) is 37.4 Å². The summed E-state index contributed by atoms with van der Waals surface area (Å²) in [5.74, 6) is 0.741. The number of piperidine rings is 1. The Morgan fingerprint density at radius 1 is 1.40 bits per heavy atom. The number of hydrogen-bond donors (Lipinski definition) is 2. The molecule has 1 heterocycles. The topological polar surface area (TPSA) is 66.3 Å². The van der Waals surface area contributed by atoms with Gasteiger partial charge in [-0.25, -0.2) is 0 Å². The van der Waals surface area contributed by atoms with Crippen LogP contribution < -0.4 is 15.4 Å². The number of nitriles is 1. The summed E-state index contributed by atoms with van der Waals surface area (Å²) in [7, 11) is 1.62. The third kappa shape index (κ3) is 4.12. The summed E-state index contributed by atoms with van der Waals surface area (Å²) in [6.45, 7) is 3.40. The zero-order valence-electron chi connectivity index (χ0n) is 11.8. The highest BCUT2D eigenvalue weighted by molar-refractivity contribution is 5.60. The second-order valence-electron chi connectivity index (χ2n) is 4.77. The average Bonchev–Trinajstić information content (AvgIpc) is 2.52. The van der Waals surface area contributed by atoms with Crippen LogP contribution in [-0.4, -0.2) is 39.5 Å². The molecule has 1 fully saturated rings. The van der Waals surface area contributed by atoms with Gasteiger partial charge in [0.25, 0.3) is 0 Å². The monoisotopic (exact) mass is 275 g/mol. The number of hydrogen-bond acceptors (Lipinski definition) is 5. The SMILES string of the molecule is COc1ccc(C#N)c(NCCOC2CCNCC2)c1. The Morgan fingerprint density at radius 3 is 2.90 bits per heavy atom. The maximum Gasteiger partial charge on any atom is 0.121 e. The quantitative estimate of drug-likeness (QED) is 0.774. The van der Waals surface area contributed by atoms with E-state index in [1.165, 1.54) is 0 Å². The van der Waals surface area contributed by atoms with E-state index in [0.29, 0.717) is 24.8 Å². The van der Waals surface area contributed by atoms with Gasteiger partial charge in [0, 0.05) is 12.6 Å². The first-order valence-corrected chi connectivity index (χ1v) is 6.98. The highest BCUT2D eigenvalue weighted by Gasteiger charge is 2.12. The summed E-state index contributed by atoms with van der Waals surface area (Å²) >= 11 is 0. The second-order valence-corrected chi connectivity index (χ2v) is 4.77. The van der Waals surface area contributed by atoms with Crippen LogP contribution in [0.2, 0.25) is 0 Å². The molecule has 0 saturated carbocycles. The lowest BCUT2D eigenvalue weighted by Crippen LogP contribution is -2.33. The van der Waals surface area contributed by atoms with Crippen LogP contribution in [0, 0.1) is 11.3 Å². The number of anilines is 1. The molecule has 1 aliphatic rings. The number of nitrogens with zero attached hydrogens (tertiary/aromatic N) is 1. The van der Waals surface area contributed by atoms with Crippen molar-refractivity contribution in [2.75, 3.05) is 38.7 Å². The molecule has 5 nitrogen and oxygen atoms in total. The second kappa shape index (κ2) is 7.73. The predicted molar refractivity (Wildman–Crippen MR) is 78.0 cm³/mol. The number of methoxy groups -OCH3 is 1. The molecule has 0 radical (unpaired) electrons. The third-order valence-corrected chi connectivity index (χ3v) is 3.40. The Balaban J connectivity index is 1.79. The minimum atomic E-state index is 0.360. The molecule has 0 aromatic heterocycles. The van der Waals surface area contributed by atoms with Crippen molar-refractivity contribution in [2.24, 2.45) is 0 Å². The van der Waals surface area contributed by atoms with Gasteiger partial charge in [-0.2, -0.15) is 5.26 Å². The number of rotatable bonds is 6. The molecular weight excluding hydrogens is 254 g/mol. The van der Waals surface area contributed by atoms with Crippen molar-refractivity contribution in [1.82, 2.24) is 5.32 Å². The van der Waals surface area contributed by atoms with Gasteiger partial charge in [-0.1, -0.05) is 0 Å². The van der Waals surface area contributed by atoms with Gasteiger partial charge >= 0.3 is 0 Å². The van der Waals surface area contributed by atoms with E-state index in [-0.39, 0.29) is 0 Å². The van der Waals surface area contributed by atoms with Crippen LogP contribution in [0.1, 0.15) is 18.4 Å². The molecular formula is C15H21N3O2. The fourth-order valence-electron chi connectivity index (χ4n) is 2.27. The van der Waals surface area contributed by atoms with Gasteiger partial charge in [0.15, 0.2) is 0 Å². The van der Waals surface area contributed by atoms with E-state index in [9.17, 15) is 0 Å². The maximum absolute atomic E-state index is 9.07. The van der Waals surface area contributed by atoms with E-state index in [1.54, 1.807) is 19.2 Å². The lowest BCUT2D eigenvalue weighted by Gasteiger charge is -2.23. The average molecular weight is 275 g/mol. The molecule has 1 aromatic rings. The molecule has 1 aromatic carbocycles. The fourth-order valence-corrected chi connectivity index (χ4v) is 2.27. The van der Waals surface area contributed by atoms with Crippen LogP contribution in [0.25, 0.3) is 0 Å². The van der Waals surface area contributed by atoms with Crippen LogP contribution in [0.15, 0.2) is 18.2 Å². The van der Waals surface area contributed by atoms with E-state index in [1.807, 2.05) is 6.07 Å². The normalized spacial score (nSPS) is 15.6. The van der Waals surface area contributed by atoms with Crippen molar-refractivity contribution in [3.05, 3.63) is 23.8 Å². The molecule has 1 saturated heterocycles. The van der Waals surface area contributed by atoms with Crippen molar-refractivity contribution in [3.63, 3.8) is 0 Å². The fraction of sp³-hybridized carbons (Fsp3) is 0.533. The summed E-state index contributed by atoms with van der Waals surface area (Å²) in [6, 6.07) is 7.55. The minimum Gasteiger partial charge on any atom is -0.497 e. The van der Waals surface area contributed by atoms with Gasteiger partial charge in [0.1, 0.15) is 11.8 Å². The summed E-state index contributed by atoms with van der Waals surface area (Å²) in [5, 5.41) is 15.6. The zero-order chi connectivity index (χ0) is 14.2. The summed E-state index contributed by atoms with van der Waals surface area (Å²) in [5.41, 5.74) is 1.41. The molecule has 0 bridgehead atoms. The molecule has 0 atom stereocenters. The van der Waals surface area contributed by atoms with Gasteiger partial charge in [-0.05, 0) is 38.1 Å². The molecule has 0 spiro atoms. The zero-order valence-corrected chi connectivity index (χ0v) is 11.8. The highest BCUT2D eigenvalue weighted by Crippen LogP contribution is 2.21. The van der Waals surface area contributed by atoms with E-state index in [4.69, 9.17) is 14.7 Å². The standard InChI is InChI=1S/C15H21N3O2/c1-19-14-3-2-12(11-16)15(10-14)18-8-9-20-13-4-6-17-7-5-13/h2-3,10,13,17-18H,4-9H2,1H3. The molecule has 1 aliphatic heterocycles. The maximum atomic E-state index is 9.07. The largest absolute Gasteiger partial charge is 0.497 e. The number of ether oxygens (including phenoxy) is 2. The van der Waals surface area contributed by atoms with Crippen molar-refractivity contribution in [2.45, 2.75) is 18.9 Å². The first-order valence-electron chi connectivity index (χ1n) is 6.98. The Labute approximate surface area is 119 Å². The van der Waals surface area contributed by atoms with Crippen LogP contribution >= 0.6 is 0 Å². The first-order chi connectivity index (χ1) is 9.83. The summed E-state index contributed by atoms with van der Waals surface area (Å²) in [4.78, 5) is 0. The first kappa shape index (κ1) is 14.6. The molecule has 20 heavy (non-hydrogen) atoms. The molecule has 0 amide bonds. The van der Waals surface area contributed by atoms with Crippen LogP contribution in [0.3, 0.4) is 0 Å². The lowest BCUT2D eigenvalue weighted by atomic mass is 10.1. The Hall–Kier alpha value is -1.77. The van der Waals surface area contributed by atoms with Gasteiger partial charge < -0.3 is 20.1 Å². The van der Waals surface area contributed by atoms with E-state index in [2.05, 4.69) is 16.7 Å². The molecule has 5 heteroatoms. The molecule has 2 N–H and O–H groups in total. The van der Waals surface area contributed by atoms with Crippen molar-refractivity contribution in [3.8, 4) is 11.8 Å². The Bertz CT molecular complexity index is 465. The number of benzene rings is 1. The summed E-state index contributed by atoms with van der Waals surface area (Å²) < 4.78 is 11.0. The Kier molecular flexibility index (Phi) is 5.66. The van der Waals surface area contributed by atoms with Gasteiger partial charge in [0.2, 0.25) is 0 Å². The van der Waals surface area contributed by atoms with Crippen molar-refractivity contribution >= 4 is 5.69 Å². The van der Waals surface area contributed by atoms with Gasteiger partial charge in [0.05, 0.1) is 31.1 Å². The third-order valence-electron chi connectivity index (χ3n) is 3.40. The predicted octanol–water partition coefficient (Wildman–Crippen LogP) is 1.75. The Morgan fingerprint density at radius 2 is 2.20 bits per heavy atom. The lowest BCUT2D eigenvalue weighted by molar-refractivity contribution is 0.0394. The van der Waals surface area contributed by atoms with Gasteiger partial charge in [-0.3, -0.25) is 0 Å². The number of nitrogens with one attached hydrogen (secondary N) is 2. The molecule has 0 aliphatic carbocycles. The van der Waals surface area contributed by atoms with Crippen molar-refractivity contribution < 1.29 is 9.47 Å². The van der Waals surface area contributed by atoms with Crippen molar-refractivity contribution in [1.29, 1.82) is 5.26 Å². The summed E-state index contributed by atoms with van der Waals surface area (Å²) in [6.07, 6.45) is 2.50. The minimum absolute atomic E-state index is 0.360. The van der Waals surface area contributed by atoms with Gasteiger partial charge in [-0.15, -0.1) is 0 Å². The van der Waals surface area contributed by atoms with E-state index >= 15 is 0 Å². The highest BCUT2D eigenvalue weighted by atomic mass is 16.5. The molecule has 108 valence electrons. The van der Waals surface area contributed by atoms with Crippen LogP contribution in [0.4, 0.5) is 5.69 Å². The molecule has 2 rings (SSSR count). The smallest absolute Gasteiger partial charge is 0.121 e. The molecule has 0 unspecified atom stereocenters.